The third kappa shape index (κ3) is 2.47. The summed E-state index contributed by atoms with van der Waals surface area (Å²) in [4.78, 5) is 0. The van der Waals surface area contributed by atoms with Gasteiger partial charge in [-0.25, -0.2) is 0 Å². The van der Waals surface area contributed by atoms with Crippen LogP contribution in [-0.4, -0.2) is 8.07 Å². The van der Waals surface area contributed by atoms with Crippen LogP contribution in [0.4, 0.5) is 0 Å². The lowest BCUT2D eigenvalue weighted by atomic mass is 10.2. The molecule has 0 saturated heterocycles. The predicted molar refractivity (Wildman–Crippen MR) is 62.0 cm³/mol. The zero-order chi connectivity index (χ0) is 9.90. The normalized spacial score (nSPS) is 10.5. The Morgan fingerprint density at radius 3 is 2.23 bits per heavy atom. The number of hydrogen-bond donors (Lipinski definition) is 0. The molecule has 0 nitrogen and oxygen atoms in total. The fourth-order valence-corrected chi connectivity index (χ4v) is 2.93. The van der Waals surface area contributed by atoms with E-state index < -0.39 is 8.07 Å². The second kappa shape index (κ2) is 3.80. The van der Waals surface area contributed by atoms with Gasteiger partial charge >= 0.3 is 0 Å². The van der Waals surface area contributed by atoms with E-state index in [1.54, 1.807) is 0 Å². The van der Waals surface area contributed by atoms with Crippen LogP contribution < -0.4 is 5.19 Å². The molecule has 13 heavy (non-hydrogen) atoms. The molecule has 0 spiro atoms. The molecule has 0 bridgehead atoms. The molecule has 0 fully saturated rings. The smallest absolute Gasteiger partial charge is 0.0792 e. The maximum absolute atomic E-state index is 3.17. The molecule has 1 heteroatoms. The van der Waals surface area contributed by atoms with Crippen LogP contribution in [0.15, 0.2) is 24.3 Å². The van der Waals surface area contributed by atoms with E-state index in [9.17, 15) is 0 Å². The molecule has 0 aromatic heterocycles. The van der Waals surface area contributed by atoms with Gasteiger partial charge in [-0.15, -0.1) is 5.92 Å². The van der Waals surface area contributed by atoms with E-state index in [-0.39, 0.29) is 0 Å². The van der Waals surface area contributed by atoms with Gasteiger partial charge in [0.25, 0.3) is 0 Å². The van der Waals surface area contributed by atoms with Gasteiger partial charge in [0.15, 0.2) is 0 Å². The van der Waals surface area contributed by atoms with E-state index in [0.29, 0.717) is 0 Å². The minimum atomic E-state index is -1.22. The van der Waals surface area contributed by atoms with Gasteiger partial charge < -0.3 is 0 Å². The first kappa shape index (κ1) is 10.1. The van der Waals surface area contributed by atoms with Crippen LogP contribution in [-0.2, 0) is 0 Å². The van der Waals surface area contributed by atoms with Gasteiger partial charge in [0.1, 0.15) is 0 Å². The fourth-order valence-electron chi connectivity index (χ4n) is 1.38. The van der Waals surface area contributed by atoms with Crippen molar-refractivity contribution in [2.45, 2.75) is 26.6 Å². The number of rotatable bonds is 1. The monoisotopic (exact) mass is 188 g/mol. The Bertz CT molecular complexity index is 347. The summed E-state index contributed by atoms with van der Waals surface area (Å²) in [6.07, 6.45) is 0. The van der Waals surface area contributed by atoms with Crippen molar-refractivity contribution < 1.29 is 0 Å². The Kier molecular flexibility index (Phi) is 2.95. The molecule has 0 saturated carbocycles. The van der Waals surface area contributed by atoms with Crippen LogP contribution in [0.2, 0.25) is 19.6 Å². The van der Waals surface area contributed by atoms with Crippen molar-refractivity contribution >= 4 is 13.3 Å². The van der Waals surface area contributed by atoms with Crippen molar-refractivity contribution in [3.8, 4) is 11.8 Å². The molecule has 1 aromatic carbocycles. The van der Waals surface area contributed by atoms with Crippen LogP contribution in [0, 0.1) is 11.8 Å². The molecule has 0 heterocycles. The molecule has 1 aromatic rings. The first-order valence-electron chi connectivity index (χ1n) is 4.58. The van der Waals surface area contributed by atoms with Crippen LogP contribution in [0.3, 0.4) is 0 Å². The number of benzene rings is 1. The molecule has 0 unspecified atom stereocenters. The molecule has 0 atom stereocenters. The maximum Gasteiger partial charge on any atom is 0.0792 e. The largest absolute Gasteiger partial charge is 0.101 e. The van der Waals surface area contributed by atoms with Crippen LogP contribution >= 0.6 is 0 Å². The van der Waals surface area contributed by atoms with E-state index >= 15 is 0 Å². The molecular formula is C12H16Si. The summed E-state index contributed by atoms with van der Waals surface area (Å²) < 4.78 is 0. The summed E-state index contributed by atoms with van der Waals surface area (Å²) in [5.74, 6) is 6.14. The van der Waals surface area contributed by atoms with Crippen molar-refractivity contribution in [2.75, 3.05) is 0 Å². The zero-order valence-corrected chi connectivity index (χ0v) is 9.81. The summed E-state index contributed by atoms with van der Waals surface area (Å²) in [5.41, 5.74) is 1.21. The molecular weight excluding hydrogens is 172 g/mol. The molecule has 0 radical (unpaired) electrons. The fraction of sp³-hybridized carbons (Fsp3) is 0.333. The lowest BCUT2D eigenvalue weighted by Gasteiger charge is -2.18. The average Bonchev–Trinajstić information content (AvgIpc) is 2.04. The minimum absolute atomic E-state index is 1.21. The zero-order valence-electron chi connectivity index (χ0n) is 8.81. The van der Waals surface area contributed by atoms with Crippen molar-refractivity contribution in [1.82, 2.24) is 0 Å². The van der Waals surface area contributed by atoms with Crippen molar-refractivity contribution in [3.05, 3.63) is 29.8 Å². The average molecular weight is 188 g/mol. The third-order valence-electron chi connectivity index (χ3n) is 1.99. The molecule has 0 N–H and O–H groups in total. The van der Waals surface area contributed by atoms with Crippen LogP contribution in [0.1, 0.15) is 12.5 Å². The second-order valence-corrected chi connectivity index (χ2v) is 9.21. The Hall–Kier alpha value is -1.00. The highest BCUT2D eigenvalue weighted by molar-refractivity contribution is 6.89. The van der Waals surface area contributed by atoms with Crippen LogP contribution in [0.5, 0.6) is 0 Å². The van der Waals surface area contributed by atoms with E-state index in [0.717, 1.165) is 0 Å². The Labute approximate surface area is 82.0 Å². The van der Waals surface area contributed by atoms with E-state index in [1.165, 1.54) is 10.8 Å². The Balaban J connectivity index is 3.25. The quantitative estimate of drug-likeness (QED) is 0.469. The lowest BCUT2D eigenvalue weighted by Crippen LogP contribution is -2.39. The highest BCUT2D eigenvalue weighted by Crippen LogP contribution is 2.05. The first-order chi connectivity index (χ1) is 6.05. The third-order valence-corrected chi connectivity index (χ3v) is 4.05. The van der Waals surface area contributed by atoms with E-state index in [4.69, 9.17) is 0 Å². The van der Waals surface area contributed by atoms with Gasteiger partial charge in [-0.2, -0.15) is 0 Å². The molecule has 0 amide bonds. The molecule has 0 aliphatic rings. The maximum atomic E-state index is 3.17. The predicted octanol–water partition coefficient (Wildman–Crippen LogP) is 2.60. The molecule has 1 rings (SSSR count). The highest BCUT2D eigenvalue weighted by atomic mass is 28.3. The summed E-state index contributed by atoms with van der Waals surface area (Å²) in [5, 5.41) is 1.46. The summed E-state index contributed by atoms with van der Waals surface area (Å²) in [6.45, 7) is 8.94. The van der Waals surface area contributed by atoms with Crippen molar-refractivity contribution in [3.63, 3.8) is 0 Å². The van der Waals surface area contributed by atoms with Gasteiger partial charge in [-0.3, -0.25) is 0 Å². The summed E-state index contributed by atoms with van der Waals surface area (Å²) in [7, 11) is -1.22. The Morgan fingerprint density at radius 2 is 1.69 bits per heavy atom. The summed E-state index contributed by atoms with van der Waals surface area (Å²) >= 11 is 0. The number of hydrogen-bond acceptors (Lipinski definition) is 0. The summed E-state index contributed by atoms with van der Waals surface area (Å²) in [6, 6.07) is 8.49. The molecule has 0 aliphatic heterocycles. The molecule has 0 aliphatic carbocycles. The topological polar surface area (TPSA) is 0 Å². The molecule has 68 valence electrons. The minimum Gasteiger partial charge on any atom is -0.101 e. The van der Waals surface area contributed by atoms with Gasteiger partial charge in [0.2, 0.25) is 0 Å². The van der Waals surface area contributed by atoms with E-state index in [2.05, 4.69) is 55.7 Å². The van der Waals surface area contributed by atoms with Crippen molar-refractivity contribution in [2.24, 2.45) is 0 Å². The standard InChI is InChI=1S/C12H16Si/c1-5-8-11-9-6-7-10-12(11)13(2,3)4/h6-7,9-10H,1-4H3. The van der Waals surface area contributed by atoms with Crippen LogP contribution in [0.25, 0.3) is 0 Å². The van der Waals surface area contributed by atoms with Gasteiger partial charge in [0.05, 0.1) is 8.07 Å². The SMILES string of the molecule is CC#Cc1ccccc1[Si](C)(C)C. The van der Waals surface area contributed by atoms with Gasteiger partial charge in [-0.1, -0.05) is 43.8 Å². The highest BCUT2D eigenvalue weighted by Gasteiger charge is 2.18. The van der Waals surface area contributed by atoms with Gasteiger partial charge in [0, 0.05) is 5.56 Å². The van der Waals surface area contributed by atoms with E-state index in [1.807, 2.05) is 6.92 Å². The Morgan fingerprint density at radius 1 is 1.08 bits per heavy atom. The first-order valence-corrected chi connectivity index (χ1v) is 8.08. The van der Waals surface area contributed by atoms with Gasteiger partial charge in [-0.05, 0) is 18.2 Å². The van der Waals surface area contributed by atoms with Crippen molar-refractivity contribution in [1.29, 1.82) is 0 Å². The lowest BCUT2D eigenvalue weighted by molar-refractivity contribution is 1.63. The second-order valence-electron chi connectivity index (χ2n) is 4.17.